The van der Waals surface area contributed by atoms with E-state index >= 15 is 0 Å². The number of ether oxygens (including phenoxy) is 1. The zero-order valence-corrected chi connectivity index (χ0v) is 20.4. The Morgan fingerprint density at radius 2 is 1.72 bits per heavy atom. The highest BCUT2D eigenvalue weighted by Gasteiger charge is 2.31. The average Bonchev–Trinajstić information content (AvgIpc) is 2.75. The van der Waals surface area contributed by atoms with Crippen molar-refractivity contribution in [2.75, 3.05) is 0 Å². The van der Waals surface area contributed by atoms with Gasteiger partial charge in [0.1, 0.15) is 12.4 Å². The molecule has 32 heavy (non-hydrogen) atoms. The molecule has 0 amide bonds. The van der Waals surface area contributed by atoms with Gasteiger partial charge in [0.15, 0.2) is 4.90 Å². The van der Waals surface area contributed by atoms with E-state index in [0.717, 1.165) is 5.56 Å². The molecule has 1 heterocycles. The molecule has 1 atom stereocenters. The van der Waals surface area contributed by atoms with Gasteiger partial charge in [-0.15, -0.1) is 0 Å². The molecule has 0 fully saturated rings. The van der Waals surface area contributed by atoms with Crippen LogP contribution in [0.3, 0.4) is 0 Å². The SMILES string of the molecule is CC[C@@H](c1ccccc1)n1c(COC(C)C)nc(O)c(S(=O)(=O)c2ccc(Br)cc2)c1=O. The number of halogens is 1. The Morgan fingerprint density at radius 1 is 1.09 bits per heavy atom. The highest BCUT2D eigenvalue weighted by Crippen LogP contribution is 2.29. The quantitative estimate of drug-likeness (QED) is 0.470. The maximum Gasteiger partial charge on any atom is 0.277 e. The van der Waals surface area contributed by atoms with Gasteiger partial charge in [-0.3, -0.25) is 9.36 Å². The Kier molecular flexibility index (Phi) is 7.53. The topological polar surface area (TPSA) is 98.5 Å². The molecule has 0 spiro atoms. The van der Waals surface area contributed by atoms with Crippen LogP contribution in [0.25, 0.3) is 0 Å². The third kappa shape index (κ3) is 4.95. The predicted molar refractivity (Wildman–Crippen MR) is 125 cm³/mol. The number of hydrogen-bond donors (Lipinski definition) is 1. The molecule has 0 aliphatic rings. The van der Waals surface area contributed by atoms with Crippen LogP contribution in [0.4, 0.5) is 0 Å². The van der Waals surface area contributed by atoms with Crippen LogP contribution in [0.15, 0.2) is 73.7 Å². The molecule has 3 rings (SSSR count). The summed E-state index contributed by atoms with van der Waals surface area (Å²) in [6.07, 6.45) is 0.355. The number of benzene rings is 2. The summed E-state index contributed by atoms with van der Waals surface area (Å²) in [7, 11) is -4.32. The Labute approximate surface area is 195 Å². The van der Waals surface area contributed by atoms with Crippen molar-refractivity contribution in [2.24, 2.45) is 0 Å². The highest BCUT2D eigenvalue weighted by atomic mass is 79.9. The molecule has 2 aromatic carbocycles. The Bertz CT molecular complexity index is 1240. The van der Waals surface area contributed by atoms with Gasteiger partial charge in [-0.1, -0.05) is 53.2 Å². The van der Waals surface area contributed by atoms with Gasteiger partial charge in [-0.25, -0.2) is 8.42 Å². The second kappa shape index (κ2) is 9.97. The first-order valence-corrected chi connectivity index (χ1v) is 12.5. The minimum absolute atomic E-state index is 0.0532. The molecule has 1 N–H and O–H groups in total. The summed E-state index contributed by atoms with van der Waals surface area (Å²) in [5.41, 5.74) is -0.0131. The number of rotatable bonds is 8. The molecule has 0 aliphatic carbocycles. The van der Waals surface area contributed by atoms with Crippen molar-refractivity contribution in [3.63, 3.8) is 0 Å². The van der Waals surface area contributed by atoms with Crippen LogP contribution in [-0.2, 0) is 21.2 Å². The van der Waals surface area contributed by atoms with Crippen LogP contribution in [0.2, 0.25) is 0 Å². The number of aromatic nitrogens is 2. The van der Waals surface area contributed by atoms with Gasteiger partial charge in [-0.05, 0) is 50.1 Å². The highest BCUT2D eigenvalue weighted by molar-refractivity contribution is 9.10. The Balaban J connectivity index is 2.28. The number of nitrogens with zero attached hydrogens (tertiary/aromatic N) is 2. The van der Waals surface area contributed by atoms with Gasteiger partial charge in [0.2, 0.25) is 15.7 Å². The van der Waals surface area contributed by atoms with Gasteiger partial charge in [-0.2, -0.15) is 4.98 Å². The summed E-state index contributed by atoms with van der Waals surface area (Å²) >= 11 is 3.27. The molecular formula is C23H25BrN2O5S. The van der Waals surface area contributed by atoms with E-state index in [1.165, 1.54) is 16.7 Å². The number of sulfone groups is 1. The summed E-state index contributed by atoms with van der Waals surface area (Å²) in [6, 6.07) is 14.6. The minimum atomic E-state index is -4.32. The second-order valence-electron chi connectivity index (χ2n) is 7.51. The lowest BCUT2D eigenvalue weighted by Crippen LogP contribution is -2.34. The molecular weight excluding hydrogens is 496 g/mol. The first-order valence-electron chi connectivity index (χ1n) is 10.2. The van der Waals surface area contributed by atoms with Gasteiger partial charge in [0.05, 0.1) is 17.0 Å². The van der Waals surface area contributed by atoms with E-state index in [2.05, 4.69) is 20.9 Å². The van der Waals surface area contributed by atoms with E-state index in [9.17, 15) is 18.3 Å². The fourth-order valence-electron chi connectivity index (χ4n) is 3.42. The lowest BCUT2D eigenvalue weighted by molar-refractivity contribution is 0.0573. The molecule has 0 aliphatic heterocycles. The first-order chi connectivity index (χ1) is 15.2. The Morgan fingerprint density at radius 3 is 2.28 bits per heavy atom. The minimum Gasteiger partial charge on any atom is -0.492 e. The third-order valence-electron chi connectivity index (χ3n) is 4.95. The Hall–Kier alpha value is -2.49. The number of aromatic hydroxyl groups is 1. The van der Waals surface area contributed by atoms with E-state index in [4.69, 9.17) is 4.74 Å². The summed E-state index contributed by atoms with van der Waals surface area (Å²) in [5.74, 6) is -0.675. The molecule has 0 bridgehead atoms. The van der Waals surface area contributed by atoms with Crippen LogP contribution in [0.1, 0.15) is 44.6 Å². The smallest absolute Gasteiger partial charge is 0.277 e. The maximum atomic E-state index is 13.6. The molecule has 0 saturated carbocycles. The van der Waals surface area contributed by atoms with Gasteiger partial charge < -0.3 is 9.84 Å². The van der Waals surface area contributed by atoms with Crippen LogP contribution < -0.4 is 5.56 Å². The summed E-state index contributed by atoms with van der Waals surface area (Å²) in [4.78, 5) is 16.9. The van der Waals surface area contributed by atoms with Crippen molar-refractivity contribution < 1.29 is 18.3 Å². The largest absolute Gasteiger partial charge is 0.492 e. The molecule has 170 valence electrons. The monoisotopic (exact) mass is 520 g/mol. The van der Waals surface area contributed by atoms with E-state index in [0.29, 0.717) is 10.9 Å². The van der Waals surface area contributed by atoms with E-state index in [-0.39, 0.29) is 23.4 Å². The third-order valence-corrected chi connectivity index (χ3v) is 7.27. The average molecular weight is 521 g/mol. The molecule has 0 saturated heterocycles. The predicted octanol–water partition coefficient (Wildman–Crippen LogP) is 4.47. The summed E-state index contributed by atoms with van der Waals surface area (Å²) < 4.78 is 34.3. The number of hydrogen-bond acceptors (Lipinski definition) is 6. The normalized spacial score (nSPS) is 12.8. The fourth-order valence-corrected chi connectivity index (χ4v) is 5.03. The van der Waals surface area contributed by atoms with Crippen molar-refractivity contribution >= 4 is 25.8 Å². The van der Waals surface area contributed by atoms with Gasteiger partial charge in [0, 0.05) is 4.47 Å². The van der Waals surface area contributed by atoms with E-state index < -0.39 is 32.2 Å². The zero-order valence-electron chi connectivity index (χ0n) is 18.0. The van der Waals surface area contributed by atoms with E-state index in [1.807, 2.05) is 51.1 Å². The lowest BCUT2D eigenvalue weighted by atomic mass is 10.0. The van der Waals surface area contributed by atoms with Gasteiger partial charge in [0.25, 0.3) is 5.56 Å². The van der Waals surface area contributed by atoms with Crippen molar-refractivity contribution in [3.8, 4) is 5.88 Å². The molecule has 7 nitrogen and oxygen atoms in total. The standard InChI is InChI=1S/C23H25BrN2O5S/c1-4-19(16-8-6-5-7-9-16)26-20(14-31-15(2)3)25-22(27)21(23(26)28)32(29,30)18-12-10-17(24)11-13-18/h5-13,15,19,27H,4,14H2,1-3H3/t19-/m0/s1. The molecule has 0 unspecified atom stereocenters. The van der Waals surface area contributed by atoms with E-state index in [1.54, 1.807) is 12.1 Å². The van der Waals surface area contributed by atoms with Gasteiger partial charge >= 0.3 is 0 Å². The maximum absolute atomic E-state index is 13.6. The molecule has 0 radical (unpaired) electrons. The molecule has 9 heteroatoms. The van der Waals surface area contributed by atoms with Crippen molar-refractivity contribution in [1.82, 2.24) is 9.55 Å². The summed E-state index contributed by atoms with van der Waals surface area (Å²) in [6.45, 7) is 5.52. The summed E-state index contributed by atoms with van der Waals surface area (Å²) in [5, 5.41) is 10.6. The van der Waals surface area contributed by atoms with Crippen LogP contribution in [-0.4, -0.2) is 29.2 Å². The van der Waals surface area contributed by atoms with Crippen molar-refractivity contribution in [1.29, 1.82) is 0 Å². The molecule has 3 aromatic rings. The zero-order chi connectivity index (χ0) is 23.5. The molecule has 1 aromatic heterocycles. The lowest BCUT2D eigenvalue weighted by Gasteiger charge is -2.23. The second-order valence-corrected chi connectivity index (χ2v) is 10.3. The van der Waals surface area contributed by atoms with Crippen LogP contribution in [0.5, 0.6) is 5.88 Å². The van der Waals surface area contributed by atoms with Crippen LogP contribution >= 0.6 is 15.9 Å². The fraction of sp³-hybridized carbons (Fsp3) is 0.304. The van der Waals surface area contributed by atoms with Crippen LogP contribution in [0, 0.1) is 0 Å². The van der Waals surface area contributed by atoms with Crippen molar-refractivity contribution in [2.45, 2.75) is 55.7 Å². The van der Waals surface area contributed by atoms with Crippen molar-refractivity contribution in [3.05, 3.63) is 80.8 Å². The first kappa shape index (κ1) is 24.2.